The lowest BCUT2D eigenvalue weighted by Gasteiger charge is -2.02. The van der Waals surface area contributed by atoms with E-state index in [0.29, 0.717) is 5.88 Å². The zero-order chi connectivity index (χ0) is 10.3. The predicted molar refractivity (Wildman–Crippen MR) is 58.4 cm³/mol. The number of hydrogen-bond acceptors (Lipinski definition) is 3. The van der Waals surface area contributed by atoms with Gasteiger partial charge in [0.2, 0.25) is 5.88 Å². The Morgan fingerprint density at radius 2 is 2.07 bits per heavy atom. The zero-order valence-corrected chi connectivity index (χ0v) is 8.36. The van der Waals surface area contributed by atoms with E-state index in [1.54, 1.807) is 6.20 Å². The highest BCUT2D eigenvalue weighted by Gasteiger charge is 2.13. The minimum Gasteiger partial charge on any atom is -0.367 e. The molecule has 2 N–H and O–H groups in total. The predicted octanol–water partition coefficient (Wildman–Crippen LogP) is 2.41. The van der Waals surface area contributed by atoms with Gasteiger partial charge in [0.15, 0.2) is 0 Å². The van der Waals surface area contributed by atoms with E-state index in [2.05, 4.69) is 23.4 Å². The number of aromatic nitrogens is 1. The van der Waals surface area contributed by atoms with Crippen LogP contribution in [-0.2, 0) is 12.8 Å². The highest BCUT2D eigenvalue weighted by Crippen LogP contribution is 2.30. The maximum absolute atomic E-state index is 5.69. The topological polar surface area (TPSA) is 52.0 Å². The van der Waals surface area contributed by atoms with Gasteiger partial charge < -0.3 is 10.3 Å². The van der Waals surface area contributed by atoms with Gasteiger partial charge in [-0.15, -0.1) is 0 Å². The number of nitrogen functional groups attached to an aromatic ring is 1. The third-order valence-electron chi connectivity index (χ3n) is 3.01. The average molecular weight is 200 g/mol. The van der Waals surface area contributed by atoms with E-state index >= 15 is 0 Å². The quantitative estimate of drug-likeness (QED) is 0.769. The summed E-state index contributed by atoms with van der Waals surface area (Å²) in [6.45, 7) is 0. The first kappa shape index (κ1) is 8.53. The van der Waals surface area contributed by atoms with Gasteiger partial charge in [-0.1, -0.05) is 23.4 Å². The number of fused-ring (bicyclic) bond motifs is 1. The largest absolute Gasteiger partial charge is 0.367 e. The summed E-state index contributed by atoms with van der Waals surface area (Å²) in [6, 6.07) is 6.47. The maximum Gasteiger partial charge on any atom is 0.229 e. The van der Waals surface area contributed by atoms with Crippen LogP contribution in [0.15, 0.2) is 28.9 Å². The van der Waals surface area contributed by atoms with Crippen molar-refractivity contribution in [3.8, 4) is 11.1 Å². The molecular weight excluding hydrogens is 188 g/mol. The van der Waals surface area contributed by atoms with E-state index in [1.807, 2.05) is 0 Å². The Morgan fingerprint density at radius 3 is 2.87 bits per heavy atom. The molecule has 3 nitrogen and oxygen atoms in total. The van der Waals surface area contributed by atoms with Gasteiger partial charge in [0.05, 0.1) is 11.8 Å². The monoisotopic (exact) mass is 200 g/mol. The molecule has 1 heterocycles. The Labute approximate surface area is 87.9 Å². The molecule has 2 aromatic rings. The van der Waals surface area contributed by atoms with Gasteiger partial charge in [-0.2, -0.15) is 0 Å². The van der Waals surface area contributed by atoms with Crippen molar-refractivity contribution < 1.29 is 4.52 Å². The molecule has 1 aromatic heterocycles. The Hall–Kier alpha value is -1.77. The SMILES string of the molecule is Nc1oncc1-c1ccc2c(c1)CCC2. The minimum absolute atomic E-state index is 0.396. The molecule has 3 heteroatoms. The third kappa shape index (κ3) is 1.31. The van der Waals surface area contributed by atoms with E-state index < -0.39 is 0 Å². The molecule has 1 aromatic carbocycles. The van der Waals surface area contributed by atoms with Crippen molar-refractivity contribution >= 4 is 5.88 Å². The summed E-state index contributed by atoms with van der Waals surface area (Å²) in [4.78, 5) is 0. The van der Waals surface area contributed by atoms with Gasteiger partial charge in [-0.05, 0) is 36.0 Å². The van der Waals surface area contributed by atoms with Crippen LogP contribution >= 0.6 is 0 Å². The first-order chi connectivity index (χ1) is 7.34. The molecular formula is C12H12N2O. The van der Waals surface area contributed by atoms with E-state index in [1.165, 1.54) is 30.4 Å². The van der Waals surface area contributed by atoms with Crippen LogP contribution < -0.4 is 5.73 Å². The third-order valence-corrected chi connectivity index (χ3v) is 3.01. The second-order valence-electron chi connectivity index (χ2n) is 3.94. The number of nitrogens with two attached hydrogens (primary N) is 1. The first-order valence-corrected chi connectivity index (χ1v) is 5.17. The van der Waals surface area contributed by atoms with Crippen molar-refractivity contribution in [1.29, 1.82) is 0 Å². The molecule has 0 bridgehead atoms. The summed E-state index contributed by atoms with van der Waals surface area (Å²) in [5.41, 5.74) is 10.6. The van der Waals surface area contributed by atoms with Crippen LogP contribution in [0.5, 0.6) is 0 Å². The number of anilines is 1. The molecule has 0 amide bonds. The van der Waals surface area contributed by atoms with Crippen molar-refractivity contribution in [1.82, 2.24) is 5.16 Å². The maximum atomic E-state index is 5.69. The van der Waals surface area contributed by atoms with Crippen LogP contribution in [0.4, 0.5) is 5.88 Å². The molecule has 0 aliphatic heterocycles. The molecule has 0 saturated carbocycles. The van der Waals surface area contributed by atoms with Gasteiger partial charge >= 0.3 is 0 Å². The molecule has 76 valence electrons. The Kier molecular flexibility index (Phi) is 1.78. The number of rotatable bonds is 1. The summed E-state index contributed by atoms with van der Waals surface area (Å²) in [7, 11) is 0. The molecule has 15 heavy (non-hydrogen) atoms. The molecule has 0 fully saturated rings. The lowest BCUT2D eigenvalue weighted by molar-refractivity contribution is 0.436. The normalized spacial score (nSPS) is 14.1. The van der Waals surface area contributed by atoms with Crippen molar-refractivity contribution in [2.45, 2.75) is 19.3 Å². The Balaban J connectivity index is 2.11. The van der Waals surface area contributed by atoms with Crippen molar-refractivity contribution in [3.63, 3.8) is 0 Å². The Bertz CT molecular complexity index is 502. The van der Waals surface area contributed by atoms with Crippen LogP contribution in [0.25, 0.3) is 11.1 Å². The van der Waals surface area contributed by atoms with Gasteiger partial charge in [0, 0.05) is 0 Å². The van der Waals surface area contributed by atoms with Gasteiger partial charge in [-0.3, -0.25) is 0 Å². The van der Waals surface area contributed by atoms with Gasteiger partial charge in [-0.25, -0.2) is 0 Å². The highest BCUT2D eigenvalue weighted by molar-refractivity contribution is 5.72. The number of nitrogens with zero attached hydrogens (tertiary/aromatic N) is 1. The fourth-order valence-corrected chi connectivity index (χ4v) is 2.20. The van der Waals surface area contributed by atoms with Crippen LogP contribution in [0.1, 0.15) is 17.5 Å². The molecule has 1 aliphatic rings. The fraction of sp³-hybridized carbons (Fsp3) is 0.250. The average Bonchev–Trinajstić information content (AvgIpc) is 2.84. The number of hydrogen-bond donors (Lipinski definition) is 1. The standard InChI is InChI=1S/C12H12N2O/c13-12-11(7-14-15-12)10-5-4-8-2-1-3-9(8)6-10/h4-7H,1-3,13H2. The summed E-state index contributed by atoms with van der Waals surface area (Å²) < 4.78 is 4.87. The van der Waals surface area contributed by atoms with Crippen LogP contribution in [0.3, 0.4) is 0 Å². The summed E-state index contributed by atoms with van der Waals surface area (Å²) in [5.74, 6) is 0.396. The van der Waals surface area contributed by atoms with E-state index in [4.69, 9.17) is 10.3 Å². The number of aryl methyl sites for hydroxylation is 2. The van der Waals surface area contributed by atoms with E-state index in [0.717, 1.165) is 11.1 Å². The molecule has 1 aliphatic carbocycles. The highest BCUT2D eigenvalue weighted by atomic mass is 16.5. The summed E-state index contributed by atoms with van der Waals surface area (Å²) in [6.07, 6.45) is 5.31. The van der Waals surface area contributed by atoms with Crippen LogP contribution in [-0.4, -0.2) is 5.16 Å². The summed E-state index contributed by atoms with van der Waals surface area (Å²) in [5, 5.41) is 3.69. The molecule has 0 spiro atoms. The Morgan fingerprint density at radius 1 is 1.20 bits per heavy atom. The number of benzene rings is 1. The van der Waals surface area contributed by atoms with Crippen LogP contribution in [0.2, 0.25) is 0 Å². The van der Waals surface area contributed by atoms with Crippen molar-refractivity contribution in [3.05, 3.63) is 35.5 Å². The summed E-state index contributed by atoms with van der Waals surface area (Å²) >= 11 is 0. The second-order valence-corrected chi connectivity index (χ2v) is 3.94. The fourth-order valence-electron chi connectivity index (χ4n) is 2.20. The lowest BCUT2D eigenvalue weighted by Crippen LogP contribution is -1.87. The second kappa shape index (κ2) is 3.12. The van der Waals surface area contributed by atoms with Crippen molar-refractivity contribution in [2.75, 3.05) is 5.73 Å². The molecule has 0 unspecified atom stereocenters. The first-order valence-electron chi connectivity index (χ1n) is 5.17. The van der Waals surface area contributed by atoms with Crippen molar-refractivity contribution in [2.24, 2.45) is 0 Å². The molecule has 3 rings (SSSR count). The minimum atomic E-state index is 0.396. The van der Waals surface area contributed by atoms with E-state index in [-0.39, 0.29) is 0 Å². The molecule has 0 radical (unpaired) electrons. The molecule has 0 atom stereocenters. The lowest BCUT2D eigenvalue weighted by atomic mass is 10.0. The smallest absolute Gasteiger partial charge is 0.229 e. The zero-order valence-electron chi connectivity index (χ0n) is 8.36. The van der Waals surface area contributed by atoms with Gasteiger partial charge in [0.25, 0.3) is 0 Å². The van der Waals surface area contributed by atoms with Gasteiger partial charge in [0.1, 0.15) is 0 Å². The van der Waals surface area contributed by atoms with E-state index in [9.17, 15) is 0 Å². The molecule has 0 saturated heterocycles. The van der Waals surface area contributed by atoms with Crippen LogP contribution in [0, 0.1) is 0 Å².